The van der Waals surface area contributed by atoms with Crippen molar-refractivity contribution in [1.82, 2.24) is 0 Å². The van der Waals surface area contributed by atoms with Crippen molar-refractivity contribution in [2.75, 3.05) is 6.61 Å². The van der Waals surface area contributed by atoms with E-state index in [-0.39, 0.29) is 17.3 Å². The maximum absolute atomic E-state index is 11.5. The van der Waals surface area contributed by atoms with Crippen LogP contribution in [-0.4, -0.2) is 18.4 Å². The first-order valence-corrected chi connectivity index (χ1v) is 5.36. The summed E-state index contributed by atoms with van der Waals surface area (Å²) in [6.07, 6.45) is 4.12. The highest BCUT2D eigenvalue weighted by atomic mass is 16.5. The van der Waals surface area contributed by atoms with E-state index in [4.69, 9.17) is 4.74 Å². The van der Waals surface area contributed by atoms with Gasteiger partial charge in [-0.2, -0.15) is 0 Å². The predicted molar refractivity (Wildman–Crippen MR) is 50.6 cm³/mol. The molecule has 2 rings (SSSR count). The molecule has 0 N–H and O–H groups in total. The van der Waals surface area contributed by atoms with Crippen LogP contribution in [0.2, 0.25) is 0 Å². The minimum Gasteiger partial charge on any atom is -0.465 e. The first-order chi connectivity index (χ1) is 6.68. The fraction of sp³-hybridized carbons (Fsp3) is 0.818. The van der Waals surface area contributed by atoms with Gasteiger partial charge in [-0.1, -0.05) is 13.3 Å². The number of ether oxygens (including phenoxy) is 1. The normalized spacial score (nSPS) is 33.8. The van der Waals surface area contributed by atoms with E-state index >= 15 is 0 Å². The largest absolute Gasteiger partial charge is 0.465 e. The molecule has 2 atom stereocenters. The summed E-state index contributed by atoms with van der Waals surface area (Å²) in [5.74, 6) is 0.258. The number of hydrogen-bond donors (Lipinski definition) is 0. The molecule has 78 valence electrons. The number of ketones is 1. The van der Waals surface area contributed by atoms with Crippen molar-refractivity contribution >= 4 is 11.8 Å². The quantitative estimate of drug-likeness (QED) is 0.628. The summed E-state index contributed by atoms with van der Waals surface area (Å²) in [6.45, 7) is 2.56. The van der Waals surface area contributed by atoms with E-state index in [0.717, 1.165) is 19.3 Å². The molecular formula is C11H16O3. The SMILES string of the molecule is CCCCC(=O)CC12COC(=O)C1C2. The number of carbonyl (C=O) groups excluding carboxylic acids is 2. The predicted octanol–water partition coefficient (Wildman–Crippen LogP) is 1.70. The van der Waals surface area contributed by atoms with E-state index in [9.17, 15) is 9.59 Å². The summed E-state index contributed by atoms with van der Waals surface area (Å²) in [5.41, 5.74) is -0.0676. The lowest BCUT2D eigenvalue weighted by Gasteiger charge is -2.08. The van der Waals surface area contributed by atoms with Crippen LogP contribution in [-0.2, 0) is 14.3 Å². The van der Waals surface area contributed by atoms with Gasteiger partial charge in [-0.3, -0.25) is 9.59 Å². The highest BCUT2D eigenvalue weighted by Gasteiger charge is 2.64. The van der Waals surface area contributed by atoms with Crippen LogP contribution in [0, 0.1) is 11.3 Å². The minimum atomic E-state index is -0.0895. The van der Waals surface area contributed by atoms with Crippen LogP contribution in [0.3, 0.4) is 0 Å². The zero-order valence-corrected chi connectivity index (χ0v) is 8.54. The van der Waals surface area contributed by atoms with Crippen molar-refractivity contribution in [3.05, 3.63) is 0 Å². The zero-order valence-electron chi connectivity index (χ0n) is 8.54. The van der Waals surface area contributed by atoms with Crippen LogP contribution < -0.4 is 0 Å². The van der Waals surface area contributed by atoms with Crippen LogP contribution in [0.15, 0.2) is 0 Å². The molecule has 0 aromatic carbocycles. The monoisotopic (exact) mass is 196 g/mol. The molecule has 2 unspecified atom stereocenters. The average Bonchev–Trinajstić information content (AvgIpc) is 2.79. The molecule has 1 saturated heterocycles. The van der Waals surface area contributed by atoms with Gasteiger partial charge in [0.05, 0.1) is 12.5 Å². The molecule has 1 aliphatic carbocycles. The first kappa shape index (κ1) is 9.69. The van der Waals surface area contributed by atoms with Gasteiger partial charge in [0.15, 0.2) is 0 Å². The van der Waals surface area contributed by atoms with Gasteiger partial charge in [-0.05, 0) is 12.8 Å². The van der Waals surface area contributed by atoms with Crippen molar-refractivity contribution < 1.29 is 14.3 Å². The Bertz CT molecular complexity index is 272. The number of unbranched alkanes of at least 4 members (excludes halogenated alkanes) is 1. The van der Waals surface area contributed by atoms with Gasteiger partial charge in [0.2, 0.25) is 0 Å². The van der Waals surface area contributed by atoms with Crippen LogP contribution >= 0.6 is 0 Å². The Morgan fingerprint density at radius 3 is 2.93 bits per heavy atom. The molecule has 1 aliphatic heterocycles. The summed E-state index contributed by atoms with van der Waals surface area (Å²) >= 11 is 0. The molecule has 0 bridgehead atoms. The van der Waals surface area contributed by atoms with Gasteiger partial charge in [0, 0.05) is 18.3 Å². The molecule has 2 fully saturated rings. The Hall–Kier alpha value is -0.860. The van der Waals surface area contributed by atoms with E-state index in [0.29, 0.717) is 25.2 Å². The summed E-state index contributed by atoms with van der Waals surface area (Å²) in [7, 11) is 0. The van der Waals surface area contributed by atoms with Gasteiger partial charge >= 0.3 is 5.97 Å². The van der Waals surface area contributed by atoms with E-state index < -0.39 is 0 Å². The van der Waals surface area contributed by atoms with Gasteiger partial charge in [0.1, 0.15) is 5.78 Å². The Kier molecular flexibility index (Phi) is 2.33. The first-order valence-electron chi connectivity index (χ1n) is 5.36. The Labute approximate surface area is 83.8 Å². The molecule has 0 radical (unpaired) electrons. The smallest absolute Gasteiger partial charge is 0.309 e. The molecule has 0 aromatic rings. The van der Waals surface area contributed by atoms with Crippen LogP contribution in [0.4, 0.5) is 0 Å². The van der Waals surface area contributed by atoms with E-state index in [2.05, 4.69) is 6.92 Å². The summed E-state index contributed by atoms with van der Waals surface area (Å²) in [6, 6.07) is 0. The lowest BCUT2D eigenvalue weighted by molar-refractivity contribution is -0.141. The van der Waals surface area contributed by atoms with Crippen LogP contribution in [0.5, 0.6) is 0 Å². The highest BCUT2D eigenvalue weighted by Crippen LogP contribution is 2.60. The van der Waals surface area contributed by atoms with Crippen molar-refractivity contribution in [3.8, 4) is 0 Å². The standard InChI is InChI=1S/C11H16O3/c1-2-3-4-8(12)5-11-6-9(11)10(13)14-7-11/h9H,2-7H2,1H3. The molecule has 0 amide bonds. The summed E-state index contributed by atoms with van der Waals surface area (Å²) in [5, 5.41) is 0. The van der Waals surface area contributed by atoms with Gasteiger partial charge in [-0.25, -0.2) is 0 Å². The average molecular weight is 196 g/mol. The number of esters is 1. The van der Waals surface area contributed by atoms with Crippen molar-refractivity contribution in [1.29, 1.82) is 0 Å². The third-order valence-corrected chi connectivity index (χ3v) is 3.33. The number of fused-ring (bicyclic) bond motifs is 1. The summed E-state index contributed by atoms with van der Waals surface area (Å²) in [4.78, 5) is 22.6. The minimum absolute atomic E-state index is 0.0491. The van der Waals surface area contributed by atoms with Crippen molar-refractivity contribution in [3.63, 3.8) is 0 Å². The third kappa shape index (κ3) is 1.56. The van der Waals surface area contributed by atoms with Gasteiger partial charge < -0.3 is 4.74 Å². The topological polar surface area (TPSA) is 43.4 Å². The molecular weight excluding hydrogens is 180 g/mol. The van der Waals surface area contributed by atoms with Crippen molar-refractivity contribution in [2.45, 2.75) is 39.0 Å². The zero-order chi connectivity index (χ0) is 10.2. The van der Waals surface area contributed by atoms with Gasteiger partial charge in [0.25, 0.3) is 0 Å². The molecule has 3 nitrogen and oxygen atoms in total. The summed E-state index contributed by atoms with van der Waals surface area (Å²) < 4.78 is 4.93. The van der Waals surface area contributed by atoms with Gasteiger partial charge in [-0.15, -0.1) is 0 Å². The lowest BCUT2D eigenvalue weighted by Crippen LogP contribution is -2.12. The molecule has 3 heteroatoms. The van der Waals surface area contributed by atoms with Crippen molar-refractivity contribution in [2.24, 2.45) is 11.3 Å². The molecule has 14 heavy (non-hydrogen) atoms. The number of Topliss-reactive ketones (excluding diaryl/α,β-unsaturated/α-hetero) is 1. The second kappa shape index (κ2) is 3.37. The number of hydrogen-bond acceptors (Lipinski definition) is 3. The van der Waals surface area contributed by atoms with E-state index in [1.54, 1.807) is 0 Å². The maximum atomic E-state index is 11.5. The molecule has 1 heterocycles. The van der Waals surface area contributed by atoms with E-state index in [1.807, 2.05) is 0 Å². The maximum Gasteiger partial charge on any atom is 0.309 e. The second-order valence-electron chi connectivity index (χ2n) is 4.55. The van der Waals surface area contributed by atoms with E-state index in [1.165, 1.54) is 0 Å². The van der Waals surface area contributed by atoms with Crippen LogP contribution in [0.25, 0.3) is 0 Å². The number of carbonyl (C=O) groups is 2. The Morgan fingerprint density at radius 2 is 2.43 bits per heavy atom. The fourth-order valence-corrected chi connectivity index (χ4v) is 2.26. The third-order valence-electron chi connectivity index (χ3n) is 3.33. The molecule has 0 spiro atoms. The second-order valence-corrected chi connectivity index (χ2v) is 4.55. The lowest BCUT2D eigenvalue weighted by atomic mass is 9.96. The molecule has 1 saturated carbocycles. The fourth-order valence-electron chi connectivity index (χ4n) is 2.26. The highest BCUT2D eigenvalue weighted by molar-refractivity contribution is 5.85. The Morgan fingerprint density at radius 1 is 1.64 bits per heavy atom. The number of cyclic esters (lactones) is 1. The number of rotatable bonds is 5. The molecule has 2 aliphatic rings. The van der Waals surface area contributed by atoms with Crippen LogP contribution in [0.1, 0.15) is 39.0 Å². The Balaban J connectivity index is 1.82. The molecule has 0 aromatic heterocycles.